The second-order valence-electron chi connectivity index (χ2n) is 4.14. The molecule has 1 fully saturated rings. The van der Waals surface area contributed by atoms with Gasteiger partial charge >= 0.3 is 5.82 Å². The molecule has 0 saturated heterocycles. The molecular formula is C8H12N4O4S. The molecule has 8 nitrogen and oxygen atoms in total. The van der Waals surface area contributed by atoms with E-state index in [1.165, 1.54) is 4.68 Å². The summed E-state index contributed by atoms with van der Waals surface area (Å²) in [5.74, 6) is -0.283. The minimum Gasteiger partial charge on any atom is -0.358 e. The third kappa shape index (κ3) is 2.44. The van der Waals surface area contributed by atoms with Gasteiger partial charge in [0, 0.05) is 0 Å². The summed E-state index contributed by atoms with van der Waals surface area (Å²) in [6.07, 6.45) is 4.35. The van der Waals surface area contributed by atoms with Gasteiger partial charge in [-0.25, -0.2) is 13.6 Å². The molecule has 1 aliphatic rings. The summed E-state index contributed by atoms with van der Waals surface area (Å²) in [6, 6.07) is 0. The Balaban J connectivity index is 2.33. The van der Waals surface area contributed by atoms with E-state index in [9.17, 15) is 18.5 Å². The fourth-order valence-electron chi connectivity index (χ4n) is 1.75. The summed E-state index contributed by atoms with van der Waals surface area (Å²) < 4.78 is 23.6. The molecule has 1 aromatic heterocycles. The topological polar surface area (TPSA) is 121 Å². The van der Waals surface area contributed by atoms with Gasteiger partial charge in [-0.2, -0.15) is 4.68 Å². The number of aromatic nitrogens is 2. The molecule has 17 heavy (non-hydrogen) atoms. The summed E-state index contributed by atoms with van der Waals surface area (Å²) in [4.78, 5) is 9.30. The second kappa shape index (κ2) is 4.08. The van der Waals surface area contributed by atoms with E-state index in [0.717, 1.165) is 25.5 Å². The van der Waals surface area contributed by atoms with Gasteiger partial charge in [0.2, 0.25) is 14.9 Å². The third-order valence-corrected chi connectivity index (χ3v) is 3.76. The van der Waals surface area contributed by atoms with Crippen LogP contribution in [0.5, 0.6) is 0 Å². The molecule has 0 spiro atoms. The van der Waals surface area contributed by atoms with Gasteiger partial charge in [0.05, 0.1) is 17.8 Å². The highest BCUT2D eigenvalue weighted by molar-refractivity contribution is 7.89. The van der Waals surface area contributed by atoms with E-state index in [2.05, 4.69) is 5.10 Å². The zero-order valence-corrected chi connectivity index (χ0v) is 9.76. The average molecular weight is 260 g/mol. The minimum atomic E-state index is -4.11. The normalized spacial score (nSPS) is 16.8. The van der Waals surface area contributed by atoms with Gasteiger partial charge in [0.15, 0.2) is 0 Å². The van der Waals surface area contributed by atoms with E-state index < -0.39 is 25.7 Å². The van der Waals surface area contributed by atoms with Crippen LogP contribution >= 0.6 is 0 Å². The highest BCUT2D eigenvalue weighted by atomic mass is 32.2. The zero-order chi connectivity index (χ0) is 12.6. The molecule has 94 valence electrons. The maximum Gasteiger partial charge on any atom is 0.410 e. The molecule has 9 heteroatoms. The van der Waals surface area contributed by atoms with E-state index in [1.807, 2.05) is 0 Å². The Kier molecular flexibility index (Phi) is 2.87. The lowest BCUT2D eigenvalue weighted by Gasteiger charge is -2.23. The number of nitro groups is 1. The van der Waals surface area contributed by atoms with Crippen molar-refractivity contribution in [2.24, 2.45) is 11.1 Å². The lowest BCUT2D eigenvalue weighted by molar-refractivity contribution is -0.392. The van der Waals surface area contributed by atoms with E-state index in [4.69, 9.17) is 5.14 Å². The van der Waals surface area contributed by atoms with Gasteiger partial charge in [-0.3, -0.25) is 0 Å². The monoisotopic (exact) mass is 260 g/mol. The smallest absolute Gasteiger partial charge is 0.358 e. The van der Waals surface area contributed by atoms with Gasteiger partial charge in [0.1, 0.15) is 0 Å². The maximum atomic E-state index is 11.2. The van der Waals surface area contributed by atoms with Crippen molar-refractivity contribution in [3.05, 3.63) is 16.3 Å². The van der Waals surface area contributed by atoms with E-state index in [-0.39, 0.29) is 0 Å². The number of hydrogen-bond acceptors (Lipinski definition) is 5. The molecule has 0 unspecified atom stereocenters. The van der Waals surface area contributed by atoms with Gasteiger partial charge in [-0.05, 0) is 23.7 Å². The molecule has 1 aromatic rings. The van der Waals surface area contributed by atoms with E-state index in [0.29, 0.717) is 12.5 Å². The Labute approximate surface area is 97.6 Å². The molecule has 0 radical (unpaired) electrons. The fourth-order valence-corrected chi connectivity index (χ4v) is 2.39. The summed E-state index contributed by atoms with van der Waals surface area (Å²) in [7, 11) is -4.11. The van der Waals surface area contributed by atoms with Crippen LogP contribution < -0.4 is 5.14 Å². The third-order valence-electron chi connectivity index (χ3n) is 2.86. The summed E-state index contributed by atoms with van der Waals surface area (Å²) in [5.41, 5.74) is 0. The van der Waals surface area contributed by atoms with Crippen molar-refractivity contribution < 1.29 is 13.3 Å². The van der Waals surface area contributed by atoms with Crippen molar-refractivity contribution in [2.45, 2.75) is 30.7 Å². The number of rotatable bonds is 4. The largest absolute Gasteiger partial charge is 0.410 e. The number of hydrogen-bond donors (Lipinski definition) is 1. The first-order valence-electron chi connectivity index (χ1n) is 5.12. The SMILES string of the molecule is NS(=O)(=O)c1cn(CC2CCC2)nc1[N+](=O)[O-]. The first-order chi connectivity index (χ1) is 7.88. The van der Waals surface area contributed by atoms with Crippen LogP contribution in [0.15, 0.2) is 11.1 Å². The van der Waals surface area contributed by atoms with Crippen LogP contribution in [0.1, 0.15) is 19.3 Å². The van der Waals surface area contributed by atoms with Crippen LogP contribution in [0, 0.1) is 16.0 Å². The molecule has 1 saturated carbocycles. The Morgan fingerprint density at radius 3 is 2.59 bits per heavy atom. The zero-order valence-electron chi connectivity index (χ0n) is 8.94. The van der Waals surface area contributed by atoms with Crippen LogP contribution in [0.25, 0.3) is 0 Å². The minimum absolute atomic E-state index is 0.419. The van der Waals surface area contributed by atoms with Crippen LogP contribution in [0.4, 0.5) is 5.82 Å². The molecule has 0 amide bonds. The van der Waals surface area contributed by atoms with Crippen molar-refractivity contribution >= 4 is 15.8 Å². The number of sulfonamides is 1. The standard InChI is InChI=1S/C8H12N4O4S/c9-17(15,16)7-5-11(4-6-2-1-3-6)10-8(7)12(13)14/h5-6H,1-4H2,(H2,9,15,16). The molecule has 0 aliphatic heterocycles. The molecular weight excluding hydrogens is 248 g/mol. The molecule has 0 atom stereocenters. The Hall–Kier alpha value is -1.48. The summed E-state index contributed by atoms with van der Waals surface area (Å²) in [5, 5.41) is 19.2. The number of nitrogens with two attached hydrogens (primary N) is 1. The average Bonchev–Trinajstić information content (AvgIpc) is 2.54. The van der Waals surface area contributed by atoms with Crippen molar-refractivity contribution in [1.29, 1.82) is 0 Å². The highest BCUT2D eigenvalue weighted by Gasteiger charge is 2.30. The quantitative estimate of drug-likeness (QED) is 0.613. The van der Waals surface area contributed by atoms with Gasteiger partial charge in [-0.15, -0.1) is 0 Å². The van der Waals surface area contributed by atoms with Gasteiger partial charge in [-0.1, -0.05) is 6.42 Å². The van der Waals surface area contributed by atoms with Crippen molar-refractivity contribution in [3.63, 3.8) is 0 Å². The molecule has 2 N–H and O–H groups in total. The highest BCUT2D eigenvalue weighted by Crippen LogP contribution is 2.29. The van der Waals surface area contributed by atoms with Crippen molar-refractivity contribution in [3.8, 4) is 0 Å². The molecule has 2 rings (SSSR count). The maximum absolute atomic E-state index is 11.2. The molecule has 0 bridgehead atoms. The fraction of sp³-hybridized carbons (Fsp3) is 0.625. The Bertz CT molecular complexity index is 546. The van der Waals surface area contributed by atoms with E-state index >= 15 is 0 Å². The molecule has 1 aliphatic carbocycles. The van der Waals surface area contributed by atoms with E-state index in [1.54, 1.807) is 0 Å². The Morgan fingerprint density at radius 1 is 1.59 bits per heavy atom. The van der Waals surface area contributed by atoms with Crippen LogP contribution in [0.2, 0.25) is 0 Å². The van der Waals surface area contributed by atoms with Crippen LogP contribution in [-0.4, -0.2) is 23.1 Å². The number of nitrogens with zero attached hydrogens (tertiary/aromatic N) is 3. The van der Waals surface area contributed by atoms with Crippen molar-refractivity contribution in [2.75, 3.05) is 0 Å². The molecule has 0 aromatic carbocycles. The van der Waals surface area contributed by atoms with Gasteiger partial charge < -0.3 is 10.1 Å². The lowest BCUT2D eigenvalue weighted by Crippen LogP contribution is -2.18. The predicted octanol–water partition coefficient (Wildman–Crippen LogP) is 0.239. The van der Waals surface area contributed by atoms with Crippen molar-refractivity contribution in [1.82, 2.24) is 9.78 Å². The second-order valence-corrected chi connectivity index (χ2v) is 5.67. The summed E-state index contributed by atoms with van der Waals surface area (Å²) in [6.45, 7) is 0.496. The first kappa shape index (κ1) is 12.0. The first-order valence-corrected chi connectivity index (χ1v) is 6.67. The molecule has 1 heterocycles. The predicted molar refractivity (Wildman–Crippen MR) is 57.6 cm³/mol. The Morgan fingerprint density at radius 2 is 2.24 bits per heavy atom. The van der Waals surface area contributed by atoms with Crippen LogP contribution in [-0.2, 0) is 16.6 Å². The summed E-state index contributed by atoms with van der Waals surface area (Å²) >= 11 is 0. The lowest BCUT2D eigenvalue weighted by atomic mass is 9.85. The van der Waals surface area contributed by atoms with Gasteiger partial charge in [0.25, 0.3) is 0 Å². The number of primary sulfonamides is 1. The van der Waals surface area contributed by atoms with Crippen LogP contribution in [0.3, 0.4) is 0 Å².